The molecule has 5 heteroatoms. The summed E-state index contributed by atoms with van der Waals surface area (Å²) in [5, 5.41) is 3.68. The topological polar surface area (TPSA) is 37.8 Å². The summed E-state index contributed by atoms with van der Waals surface area (Å²) in [5.74, 6) is 0. The average Bonchev–Trinajstić information content (AvgIpc) is 2.32. The molecule has 0 aliphatic heterocycles. The molecule has 3 nitrogen and oxygen atoms in total. The van der Waals surface area contributed by atoms with Crippen LogP contribution in [-0.4, -0.2) is 9.97 Å². The summed E-state index contributed by atoms with van der Waals surface area (Å²) in [6.45, 7) is 0.663. The molecular formula is C11H9BrClN3. The monoisotopic (exact) mass is 297 g/mol. The molecule has 0 amide bonds. The fourth-order valence-corrected chi connectivity index (χ4v) is 1.67. The van der Waals surface area contributed by atoms with E-state index in [2.05, 4.69) is 31.2 Å². The molecule has 0 bridgehead atoms. The minimum absolute atomic E-state index is 0.461. The second-order valence-corrected chi connectivity index (χ2v) is 4.38. The van der Waals surface area contributed by atoms with E-state index in [1.807, 2.05) is 24.3 Å². The predicted octanol–water partition coefficient (Wildman–Crippen LogP) is 3.50. The Balaban J connectivity index is 2.03. The van der Waals surface area contributed by atoms with Gasteiger partial charge in [-0.15, -0.1) is 0 Å². The molecule has 2 aromatic heterocycles. The molecule has 82 valence electrons. The van der Waals surface area contributed by atoms with Crippen molar-refractivity contribution in [3.05, 3.63) is 52.0 Å². The van der Waals surface area contributed by atoms with Crippen molar-refractivity contribution in [3.8, 4) is 0 Å². The van der Waals surface area contributed by atoms with Crippen LogP contribution >= 0.6 is 27.5 Å². The highest BCUT2D eigenvalue weighted by Crippen LogP contribution is 2.22. The summed E-state index contributed by atoms with van der Waals surface area (Å²) in [7, 11) is 0. The molecule has 0 aromatic carbocycles. The minimum atomic E-state index is 0.461. The van der Waals surface area contributed by atoms with Crippen LogP contribution in [0.25, 0.3) is 0 Å². The van der Waals surface area contributed by atoms with Crippen molar-refractivity contribution < 1.29 is 0 Å². The lowest BCUT2D eigenvalue weighted by Gasteiger charge is -2.06. The molecule has 2 aromatic rings. The van der Waals surface area contributed by atoms with Crippen molar-refractivity contribution in [1.29, 1.82) is 0 Å². The first-order valence-electron chi connectivity index (χ1n) is 4.70. The fourth-order valence-electron chi connectivity index (χ4n) is 1.21. The molecule has 0 aliphatic rings. The van der Waals surface area contributed by atoms with Crippen molar-refractivity contribution in [2.24, 2.45) is 0 Å². The summed E-state index contributed by atoms with van der Waals surface area (Å²) in [6.07, 6.45) is 3.46. The normalized spacial score (nSPS) is 10.1. The fraction of sp³-hybridized carbons (Fsp3) is 0.0909. The lowest BCUT2D eigenvalue weighted by molar-refractivity contribution is 1.04. The van der Waals surface area contributed by atoms with Gasteiger partial charge in [0.25, 0.3) is 0 Å². The molecule has 0 atom stereocenters. The Hall–Kier alpha value is -1.13. The Labute approximate surface area is 107 Å². The van der Waals surface area contributed by atoms with Crippen molar-refractivity contribution >= 4 is 33.2 Å². The first kappa shape index (κ1) is 11.4. The Morgan fingerprint density at radius 2 is 2.19 bits per heavy atom. The van der Waals surface area contributed by atoms with Crippen LogP contribution in [0.15, 0.2) is 41.1 Å². The molecule has 0 fully saturated rings. The van der Waals surface area contributed by atoms with Crippen LogP contribution in [0.2, 0.25) is 5.15 Å². The van der Waals surface area contributed by atoms with Gasteiger partial charge < -0.3 is 5.32 Å². The Bertz CT molecular complexity index is 476. The highest BCUT2D eigenvalue weighted by atomic mass is 79.9. The lowest BCUT2D eigenvalue weighted by Crippen LogP contribution is -2.01. The van der Waals surface area contributed by atoms with Gasteiger partial charge in [-0.3, -0.25) is 4.98 Å². The molecular weight excluding hydrogens is 289 g/mol. The summed E-state index contributed by atoms with van der Waals surface area (Å²) in [6, 6.07) is 7.70. The quantitative estimate of drug-likeness (QED) is 0.881. The third kappa shape index (κ3) is 2.93. The Morgan fingerprint density at radius 1 is 1.31 bits per heavy atom. The summed E-state index contributed by atoms with van der Waals surface area (Å²) in [4.78, 5) is 8.24. The Kier molecular flexibility index (Phi) is 3.74. The van der Waals surface area contributed by atoms with E-state index in [1.165, 1.54) is 0 Å². The highest BCUT2D eigenvalue weighted by Gasteiger charge is 2.00. The van der Waals surface area contributed by atoms with Gasteiger partial charge in [-0.05, 0) is 34.1 Å². The molecule has 0 saturated carbocycles. The zero-order chi connectivity index (χ0) is 11.4. The number of halogens is 2. The van der Waals surface area contributed by atoms with E-state index in [0.29, 0.717) is 11.7 Å². The van der Waals surface area contributed by atoms with Crippen LogP contribution in [0.4, 0.5) is 5.69 Å². The standard InChI is InChI=1S/C11H9BrClN3/c12-10-5-9(7-16-11(10)13)15-6-8-3-1-2-4-14-8/h1-5,7,15H,6H2. The van der Waals surface area contributed by atoms with E-state index in [1.54, 1.807) is 12.4 Å². The predicted molar refractivity (Wildman–Crippen MR) is 68.5 cm³/mol. The molecule has 2 heterocycles. The second kappa shape index (κ2) is 5.27. The van der Waals surface area contributed by atoms with E-state index in [4.69, 9.17) is 11.6 Å². The van der Waals surface area contributed by atoms with Gasteiger partial charge in [0.15, 0.2) is 0 Å². The first-order chi connectivity index (χ1) is 7.75. The van der Waals surface area contributed by atoms with E-state index in [0.717, 1.165) is 15.9 Å². The summed E-state index contributed by atoms with van der Waals surface area (Å²) in [5.41, 5.74) is 1.88. The van der Waals surface area contributed by atoms with Crippen LogP contribution in [0, 0.1) is 0 Å². The number of nitrogens with zero attached hydrogens (tertiary/aromatic N) is 2. The molecule has 0 radical (unpaired) electrons. The zero-order valence-corrected chi connectivity index (χ0v) is 10.7. The number of hydrogen-bond donors (Lipinski definition) is 1. The van der Waals surface area contributed by atoms with Gasteiger partial charge in [-0.1, -0.05) is 17.7 Å². The van der Waals surface area contributed by atoms with Crippen molar-refractivity contribution in [2.45, 2.75) is 6.54 Å². The zero-order valence-electron chi connectivity index (χ0n) is 8.32. The maximum Gasteiger partial charge on any atom is 0.143 e. The minimum Gasteiger partial charge on any atom is -0.378 e. The van der Waals surface area contributed by atoms with Gasteiger partial charge in [-0.2, -0.15) is 0 Å². The lowest BCUT2D eigenvalue weighted by atomic mass is 10.3. The largest absolute Gasteiger partial charge is 0.378 e. The van der Waals surface area contributed by atoms with Crippen LogP contribution in [0.3, 0.4) is 0 Å². The van der Waals surface area contributed by atoms with Gasteiger partial charge in [-0.25, -0.2) is 4.98 Å². The summed E-state index contributed by atoms with van der Waals surface area (Å²) < 4.78 is 0.778. The number of aromatic nitrogens is 2. The van der Waals surface area contributed by atoms with Crippen LogP contribution in [-0.2, 0) is 6.54 Å². The van der Waals surface area contributed by atoms with Gasteiger partial charge in [0.1, 0.15) is 5.15 Å². The third-order valence-electron chi connectivity index (χ3n) is 2.00. The third-order valence-corrected chi connectivity index (χ3v) is 3.13. The molecule has 2 rings (SSSR count). The maximum atomic E-state index is 5.80. The molecule has 1 N–H and O–H groups in total. The molecule has 0 saturated heterocycles. The van der Waals surface area contributed by atoms with Crippen molar-refractivity contribution in [2.75, 3.05) is 5.32 Å². The van der Waals surface area contributed by atoms with E-state index >= 15 is 0 Å². The summed E-state index contributed by atoms with van der Waals surface area (Å²) >= 11 is 9.12. The maximum absolute atomic E-state index is 5.80. The number of hydrogen-bond acceptors (Lipinski definition) is 3. The van der Waals surface area contributed by atoms with E-state index < -0.39 is 0 Å². The van der Waals surface area contributed by atoms with Gasteiger partial charge in [0.05, 0.1) is 28.6 Å². The number of rotatable bonds is 3. The number of pyridine rings is 2. The smallest absolute Gasteiger partial charge is 0.143 e. The molecule has 0 unspecified atom stereocenters. The van der Waals surface area contributed by atoms with Gasteiger partial charge in [0.2, 0.25) is 0 Å². The van der Waals surface area contributed by atoms with Gasteiger partial charge >= 0.3 is 0 Å². The van der Waals surface area contributed by atoms with Crippen LogP contribution in [0.1, 0.15) is 5.69 Å². The van der Waals surface area contributed by atoms with Gasteiger partial charge in [0, 0.05) is 6.20 Å². The Morgan fingerprint density at radius 3 is 2.88 bits per heavy atom. The molecule has 0 spiro atoms. The van der Waals surface area contributed by atoms with E-state index in [-0.39, 0.29) is 0 Å². The SMILES string of the molecule is Clc1ncc(NCc2ccccn2)cc1Br. The molecule has 16 heavy (non-hydrogen) atoms. The second-order valence-electron chi connectivity index (χ2n) is 3.17. The molecule has 0 aliphatic carbocycles. The van der Waals surface area contributed by atoms with Crippen LogP contribution in [0.5, 0.6) is 0 Å². The van der Waals surface area contributed by atoms with Crippen molar-refractivity contribution in [1.82, 2.24) is 9.97 Å². The number of nitrogens with one attached hydrogen (secondary N) is 1. The van der Waals surface area contributed by atoms with E-state index in [9.17, 15) is 0 Å². The first-order valence-corrected chi connectivity index (χ1v) is 5.87. The van der Waals surface area contributed by atoms with Crippen LogP contribution < -0.4 is 5.32 Å². The highest BCUT2D eigenvalue weighted by molar-refractivity contribution is 9.10. The van der Waals surface area contributed by atoms with Crippen molar-refractivity contribution in [3.63, 3.8) is 0 Å². The average molecular weight is 299 g/mol. The number of anilines is 1.